The number of ether oxygens (including phenoxy) is 1. The minimum Gasteiger partial charge on any atom is -0.503 e. The number of anilines is 1. The van der Waals surface area contributed by atoms with E-state index >= 15 is 0 Å². The molecule has 37 heavy (non-hydrogen) atoms. The van der Waals surface area contributed by atoms with E-state index in [1.165, 1.54) is 7.11 Å². The number of nitrogens with zero attached hydrogens (tertiary/aromatic N) is 4. The fourth-order valence-corrected chi connectivity index (χ4v) is 5.10. The summed E-state index contributed by atoms with van der Waals surface area (Å²) in [5, 5.41) is 11.3. The molecule has 9 heteroatoms. The molecule has 0 unspecified atom stereocenters. The maximum Gasteiger partial charge on any atom is 0.236 e. The van der Waals surface area contributed by atoms with Crippen molar-refractivity contribution in [3.05, 3.63) is 47.1 Å². The number of hydrogen-bond acceptors (Lipinski definition) is 7. The molecule has 0 spiro atoms. The number of carbonyl (C=O) groups excluding carboxylic acids is 2. The topological polar surface area (TPSA) is 86.2 Å². The number of phenols is 1. The Hall–Kier alpha value is -3.36. The molecule has 1 aromatic heterocycles. The summed E-state index contributed by atoms with van der Waals surface area (Å²) in [7, 11) is 5.26. The van der Waals surface area contributed by atoms with Gasteiger partial charge in [-0.1, -0.05) is 17.7 Å². The average molecular weight is 523 g/mol. The summed E-state index contributed by atoms with van der Waals surface area (Å²) in [6, 6.07) is 9.34. The second-order valence-electron chi connectivity index (χ2n) is 10.0. The molecular formula is C28H31ClN4O4. The van der Waals surface area contributed by atoms with Gasteiger partial charge in [0.05, 0.1) is 35.4 Å². The predicted molar refractivity (Wildman–Crippen MR) is 145 cm³/mol. The van der Waals surface area contributed by atoms with Crippen LogP contribution in [0.2, 0.25) is 5.02 Å². The second kappa shape index (κ2) is 10.2. The lowest BCUT2D eigenvalue weighted by Crippen LogP contribution is -2.51. The number of fused-ring (bicyclic) bond motifs is 1. The van der Waals surface area contributed by atoms with E-state index < -0.39 is 0 Å². The highest BCUT2D eigenvalue weighted by Crippen LogP contribution is 2.41. The first-order valence-corrected chi connectivity index (χ1v) is 12.9. The monoisotopic (exact) mass is 522 g/mol. The fraction of sp³-hybridized carbons (Fsp3) is 0.393. The Balaban J connectivity index is 1.56. The van der Waals surface area contributed by atoms with Crippen LogP contribution < -0.4 is 9.64 Å². The van der Waals surface area contributed by atoms with Crippen molar-refractivity contribution in [1.82, 2.24) is 14.8 Å². The van der Waals surface area contributed by atoms with Crippen LogP contribution in [0.1, 0.15) is 23.2 Å². The van der Waals surface area contributed by atoms with Gasteiger partial charge in [0.1, 0.15) is 0 Å². The number of benzene rings is 2. The zero-order chi connectivity index (χ0) is 26.3. The van der Waals surface area contributed by atoms with Gasteiger partial charge in [-0.2, -0.15) is 0 Å². The molecule has 0 radical (unpaired) electrons. The third-order valence-electron chi connectivity index (χ3n) is 7.03. The number of carbonyl (C=O) groups is 2. The van der Waals surface area contributed by atoms with Crippen molar-refractivity contribution in [1.29, 1.82) is 0 Å². The summed E-state index contributed by atoms with van der Waals surface area (Å²) in [6.45, 7) is 2.83. The lowest BCUT2D eigenvalue weighted by molar-refractivity contribution is -0.132. The number of phenolic OH excluding ortho intramolecular Hbond substituents is 1. The van der Waals surface area contributed by atoms with Gasteiger partial charge in [0.15, 0.2) is 17.3 Å². The van der Waals surface area contributed by atoms with Gasteiger partial charge < -0.3 is 24.5 Å². The number of Topliss-reactive ketones (excluding diaryl/α,β-unsaturated/α-hetero) is 1. The van der Waals surface area contributed by atoms with Crippen molar-refractivity contribution in [3.8, 4) is 22.6 Å². The molecule has 1 amide bonds. The van der Waals surface area contributed by atoms with E-state index in [-0.39, 0.29) is 34.1 Å². The van der Waals surface area contributed by atoms with Crippen molar-refractivity contribution >= 4 is 39.9 Å². The molecule has 0 bridgehead atoms. The molecule has 0 atom stereocenters. The number of ketones is 1. The molecule has 1 saturated heterocycles. The first-order valence-electron chi connectivity index (χ1n) is 12.5. The van der Waals surface area contributed by atoms with Crippen LogP contribution in [0.4, 0.5) is 5.69 Å². The summed E-state index contributed by atoms with van der Waals surface area (Å²) in [4.78, 5) is 36.6. The van der Waals surface area contributed by atoms with Crippen LogP contribution >= 0.6 is 11.6 Å². The summed E-state index contributed by atoms with van der Waals surface area (Å²) in [6.07, 6.45) is 3.53. The van der Waals surface area contributed by atoms with Crippen LogP contribution in [0.5, 0.6) is 11.5 Å². The zero-order valence-corrected chi connectivity index (χ0v) is 22.1. The Morgan fingerprint density at radius 2 is 1.84 bits per heavy atom. The van der Waals surface area contributed by atoms with E-state index in [2.05, 4.69) is 9.88 Å². The predicted octanol–water partition coefficient (Wildman–Crippen LogP) is 4.07. The molecule has 2 aromatic carbocycles. The first-order chi connectivity index (χ1) is 17.8. The van der Waals surface area contributed by atoms with Gasteiger partial charge in [-0.3, -0.25) is 14.6 Å². The first kappa shape index (κ1) is 25.3. The normalized spacial score (nSPS) is 15.9. The van der Waals surface area contributed by atoms with E-state index in [1.54, 1.807) is 18.3 Å². The standard InChI is InChI=1S/C28H31ClN4O4/c1-31(2)16-25(34)32-8-10-33(11-9-32)26-20-12-18(19-13-22(29)28(36)24(14-19)37-3)6-7-23(20)30-15-21(26)27(35)17-4-5-17/h6-7,12-15,17,36H,4-5,8-11,16H2,1-3H3. The van der Waals surface area contributed by atoms with Crippen LogP contribution in [0.15, 0.2) is 36.5 Å². The lowest BCUT2D eigenvalue weighted by atomic mass is 9.98. The summed E-state index contributed by atoms with van der Waals surface area (Å²) >= 11 is 6.27. The number of pyridine rings is 1. The van der Waals surface area contributed by atoms with Crippen molar-refractivity contribution in [2.75, 3.05) is 58.8 Å². The molecule has 2 fully saturated rings. The highest BCUT2D eigenvalue weighted by Gasteiger charge is 2.34. The van der Waals surface area contributed by atoms with Crippen LogP contribution in [0, 0.1) is 5.92 Å². The van der Waals surface area contributed by atoms with Gasteiger partial charge in [-0.05, 0) is 62.3 Å². The molecule has 1 aliphatic heterocycles. The summed E-state index contributed by atoms with van der Waals surface area (Å²) in [5.41, 5.74) is 3.95. The molecule has 2 aliphatic rings. The smallest absolute Gasteiger partial charge is 0.236 e. The van der Waals surface area contributed by atoms with E-state index in [0.29, 0.717) is 38.3 Å². The highest BCUT2D eigenvalue weighted by atomic mass is 35.5. The number of aromatic hydroxyl groups is 1. The van der Waals surface area contributed by atoms with Crippen molar-refractivity contribution in [2.24, 2.45) is 5.92 Å². The van der Waals surface area contributed by atoms with E-state index in [1.807, 2.05) is 42.1 Å². The molecule has 5 rings (SSSR count). The van der Waals surface area contributed by atoms with Gasteiger partial charge >= 0.3 is 0 Å². The number of aromatic nitrogens is 1. The summed E-state index contributed by atoms with van der Waals surface area (Å²) in [5.74, 6) is 0.491. The van der Waals surface area contributed by atoms with Gasteiger partial charge in [0, 0.05) is 43.7 Å². The maximum atomic E-state index is 13.3. The van der Waals surface area contributed by atoms with Gasteiger partial charge in [-0.25, -0.2) is 0 Å². The number of hydrogen-bond donors (Lipinski definition) is 1. The van der Waals surface area contributed by atoms with Crippen LogP contribution in [0.25, 0.3) is 22.0 Å². The Labute approximate surface area is 221 Å². The van der Waals surface area contributed by atoms with Crippen molar-refractivity contribution in [2.45, 2.75) is 12.8 Å². The Morgan fingerprint density at radius 3 is 2.49 bits per heavy atom. The van der Waals surface area contributed by atoms with Crippen molar-refractivity contribution in [3.63, 3.8) is 0 Å². The zero-order valence-electron chi connectivity index (χ0n) is 21.3. The molecule has 1 aliphatic carbocycles. The quantitative estimate of drug-likeness (QED) is 0.468. The minimum absolute atomic E-state index is 0.0595. The number of piperazine rings is 1. The van der Waals surface area contributed by atoms with Gasteiger partial charge in [-0.15, -0.1) is 0 Å². The van der Waals surface area contributed by atoms with Crippen LogP contribution in [0.3, 0.4) is 0 Å². The molecule has 1 N–H and O–H groups in total. The average Bonchev–Trinajstić information content (AvgIpc) is 3.74. The Bertz CT molecular complexity index is 1360. The van der Waals surface area contributed by atoms with Crippen LogP contribution in [-0.4, -0.2) is 85.5 Å². The van der Waals surface area contributed by atoms with Gasteiger partial charge in [0.25, 0.3) is 0 Å². The number of halogens is 1. The molecular weight excluding hydrogens is 492 g/mol. The minimum atomic E-state index is -0.102. The fourth-order valence-electron chi connectivity index (χ4n) is 4.89. The third-order valence-corrected chi connectivity index (χ3v) is 7.32. The Morgan fingerprint density at radius 1 is 1.11 bits per heavy atom. The van der Waals surface area contributed by atoms with Crippen LogP contribution in [-0.2, 0) is 4.79 Å². The largest absolute Gasteiger partial charge is 0.503 e. The van der Waals surface area contributed by atoms with E-state index in [0.717, 1.165) is 40.6 Å². The number of likely N-dealkylation sites (N-methyl/N-ethyl adjacent to an activating group) is 1. The molecule has 1 saturated carbocycles. The molecule has 8 nitrogen and oxygen atoms in total. The molecule has 194 valence electrons. The molecule has 2 heterocycles. The maximum absolute atomic E-state index is 13.3. The second-order valence-corrected chi connectivity index (χ2v) is 10.4. The third kappa shape index (κ3) is 5.08. The number of amides is 1. The molecule has 3 aromatic rings. The number of rotatable bonds is 7. The summed E-state index contributed by atoms with van der Waals surface area (Å²) < 4.78 is 5.30. The van der Waals surface area contributed by atoms with E-state index in [4.69, 9.17) is 16.3 Å². The Kier molecular flexibility index (Phi) is 6.96. The van der Waals surface area contributed by atoms with E-state index in [9.17, 15) is 14.7 Å². The highest BCUT2D eigenvalue weighted by molar-refractivity contribution is 6.32. The SMILES string of the molecule is COc1cc(-c2ccc3ncc(C(=O)C4CC4)c(N4CCN(C(=O)CN(C)C)CC4)c3c2)cc(Cl)c1O. The van der Waals surface area contributed by atoms with Gasteiger partial charge in [0.2, 0.25) is 5.91 Å². The van der Waals surface area contributed by atoms with Crippen molar-refractivity contribution < 1.29 is 19.4 Å². The number of methoxy groups -OCH3 is 1. The lowest BCUT2D eigenvalue weighted by Gasteiger charge is -2.37.